The van der Waals surface area contributed by atoms with Crippen molar-refractivity contribution in [1.82, 2.24) is 9.78 Å². The number of rotatable bonds is 4. The lowest BCUT2D eigenvalue weighted by molar-refractivity contribution is 0.0966. The number of benzene rings is 2. The second-order valence-electron chi connectivity index (χ2n) is 5.15. The predicted molar refractivity (Wildman–Crippen MR) is 97.4 cm³/mol. The summed E-state index contributed by atoms with van der Waals surface area (Å²) in [6, 6.07) is 17.2. The van der Waals surface area contributed by atoms with E-state index >= 15 is 0 Å². The van der Waals surface area contributed by atoms with Gasteiger partial charge in [-0.15, -0.1) is 0 Å². The molecule has 0 aliphatic carbocycles. The first-order valence-electron chi connectivity index (χ1n) is 7.16. The van der Waals surface area contributed by atoms with Crippen molar-refractivity contribution < 1.29 is 4.79 Å². The van der Waals surface area contributed by atoms with E-state index in [1.807, 2.05) is 24.3 Å². The fraction of sp³-hybridized carbons (Fsp3) is 0.0556. The Morgan fingerprint density at radius 2 is 1.67 bits per heavy atom. The number of hydrogen-bond acceptors (Lipinski definition) is 3. The topological polar surface area (TPSA) is 52.0 Å². The Hall–Kier alpha value is -2.24. The third kappa shape index (κ3) is 3.80. The molecule has 0 saturated heterocycles. The Bertz CT molecular complexity index is 934. The van der Waals surface area contributed by atoms with Gasteiger partial charge in [-0.3, -0.25) is 9.59 Å². The van der Waals surface area contributed by atoms with Gasteiger partial charge in [-0.2, -0.15) is 5.10 Å². The van der Waals surface area contributed by atoms with Gasteiger partial charge in [0, 0.05) is 26.7 Å². The molecule has 0 aliphatic heterocycles. The zero-order valence-electron chi connectivity index (χ0n) is 12.4. The molecule has 0 amide bonds. The van der Waals surface area contributed by atoms with Crippen molar-refractivity contribution in [2.24, 2.45) is 0 Å². The molecule has 3 rings (SSSR count). The van der Waals surface area contributed by atoms with Crippen LogP contribution in [0.15, 0.2) is 69.9 Å². The van der Waals surface area contributed by atoms with Gasteiger partial charge in [0.15, 0.2) is 5.78 Å². The smallest absolute Gasteiger partial charge is 0.267 e. The molecule has 0 atom stereocenters. The molecule has 3 aromatic rings. The SMILES string of the molecule is O=C(Cn1nc(-c2ccc(Br)cc2)ccc1=O)c1ccc(Cl)cc1. The lowest BCUT2D eigenvalue weighted by Gasteiger charge is -2.07. The Labute approximate surface area is 151 Å². The van der Waals surface area contributed by atoms with Crippen LogP contribution in [0.1, 0.15) is 10.4 Å². The minimum atomic E-state index is -0.321. The lowest BCUT2D eigenvalue weighted by Crippen LogP contribution is -2.26. The van der Waals surface area contributed by atoms with E-state index in [9.17, 15) is 9.59 Å². The van der Waals surface area contributed by atoms with Crippen molar-refractivity contribution in [1.29, 1.82) is 0 Å². The summed E-state index contributed by atoms with van der Waals surface area (Å²) in [6.45, 7) is -0.120. The van der Waals surface area contributed by atoms with E-state index < -0.39 is 0 Å². The molecule has 4 nitrogen and oxygen atoms in total. The second kappa shape index (κ2) is 7.11. The number of hydrogen-bond donors (Lipinski definition) is 0. The number of ketones is 1. The largest absolute Gasteiger partial charge is 0.292 e. The zero-order valence-corrected chi connectivity index (χ0v) is 14.8. The Kier molecular flexibility index (Phi) is 4.92. The highest BCUT2D eigenvalue weighted by molar-refractivity contribution is 9.10. The molecule has 1 heterocycles. The molecule has 0 bridgehead atoms. The maximum absolute atomic E-state index is 12.3. The summed E-state index contributed by atoms with van der Waals surface area (Å²) in [6.07, 6.45) is 0. The van der Waals surface area contributed by atoms with Gasteiger partial charge in [-0.25, -0.2) is 4.68 Å². The molecule has 0 saturated carbocycles. The van der Waals surface area contributed by atoms with Crippen LogP contribution in [0.25, 0.3) is 11.3 Å². The fourth-order valence-electron chi connectivity index (χ4n) is 2.20. The zero-order chi connectivity index (χ0) is 17.1. The molecule has 0 fully saturated rings. The summed E-state index contributed by atoms with van der Waals surface area (Å²) in [4.78, 5) is 24.3. The molecule has 0 radical (unpaired) electrons. The number of nitrogens with zero attached hydrogens (tertiary/aromatic N) is 2. The molecular weight excluding hydrogens is 392 g/mol. The van der Waals surface area contributed by atoms with Crippen LogP contribution in [0, 0.1) is 0 Å². The van der Waals surface area contributed by atoms with Gasteiger partial charge in [0.25, 0.3) is 5.56 Å². The van der Waals surface area contributed by atoms with Crippen LogP contribution in [0.4, 0.5) is 0 Å². The van der Waals surface area contributed by atoms with Gasteiger partial charge >= 0.3 is 0 Å². The molecule has 6 heteroatoms. The second-order valence-corrected chi connectivity index (χ2v) is 6.50. The maximum atomic E-state index is 12.3. The number of Topliss-reactive ketones (excluding diaryl/α,β-unsaturated/α-hetero) is 1. The summed E-state index contributed by atoms with van der Waals surface area (Å²) in [5.41, 5.74) is 1.66. The van der Waals surface area contributed by atoms with Crippen molar-refractivity contribution in [3.8, 4) is 11.3 Å². The van der Waals surface area contributed by atoms with Gasteiger partial charge in [0.1, 0.15) is 6.54 Å². The van der Waals surface area contributed by atoms with Crippen LogP contribution in [0.2, 0.25) is 5.02 Å². The van der Waals surface area contributed by atoms with Crippen molar-refractivity contribution in [3.63, 3.8) is 0 Å². The normalized spacial score (nSPS) is 10.6. The predicted octanol–water partition coefficient (Wildman–Crippen LogP) is 4.21. The summed E-state index contributed by atoms with van der Waals surface area (Å²) < 4.78 is 2.13. The van der Waals surface area contributed by atoms with E-state index in [2.05, 4.69) is 21.0 Å². The standard InChI is InChI=1S/C18H12BrClN2O2/c19-14-5-1-12(2-6-14)16-9-10-18(24)22(21-16)11-17(23)13-3-7-15(20)8-4-13/h1-10H,11H2. The van der Waals surface area contributed by atoms with Crippen LogP contribution < -0.4 is 5.56 Å². The van der Waals surface area contributed by atoms with Gasteiger partial charge < -0.3 is 0 Å². The number of halogens is 2. The van der Waals surface area contributed by atoms with Gasteiger partial charge in [-0.05, 0) is 42.5 Å². The average molecular weight is 404 g/mol. The molecule has 0 N–H and O–H groups in total. The van der Waals surface area contributed by atoms with Gasteiger partial charge in [0.05, 0.1) is 5.69 Å². The summed E-state index contributed by atoms with van der Waals surface area (Å²) in [5, 5.41) is 4.85. The molecule has 0 aliphatic rings. The van der Waals surface area contributed by atoms with Crippen LogP contribution >= 0.6 is 27.5 Å². The minimum absolute atomic E-state index is 0.120. The van der Waals surface area contributed by atoms with Crippen molar-refractivity contribution in [2.75, 3.05) is 0 Å². The number of carbonyl (C=O) groups excluding carboxylic acids is 1. The van der Waals surface area contributed by atoms with Crippen LogP contribution in [-0.4, -0.2) is 15.6 Å². The van der Waals surface area contributed by atoms with Crippen molar-refractivity contribution in [3.05, 3.63) is 86.1 Å². The van der Waals surface area contributed by atoms with E-state index in [-0.39, 0.29) is 17.9 Å². The van der Waals surface area contributed by atoms with E-state index in [1.165, 1.54) is 10.7 Å². The average Bonchev–Trinajstić information content (AvgIpc) is 2.58. The van der Waals surface area contributed by atoms with Crippen molar-refractivity contribution in [2.45, 2.75) is 6.54 Å². The first-order valence-corrected chi connectivity index (χ1v) is 8.33. The Morgan fingerprint density at radius 3 is 2.33 bits per heavy atom. The third-order valence-corrected chi connectivity index (χ3v) is 4.25. The fourth-order valence-corrected chi connectivity index (χ4v) is 2.59. The summed E-state index contributed by atoms with van der Waals surface area (Å²) in [5.74, 6) is -0.200. The highest BCUT2D eigenvalue weighted by Crippen LogP contribution is 2.19. The molecular formula is C18H12BrClN2O2. The Balaban J connectivity index is 1.89. The maximum Gasteiger partial charge on any atom is 0.267 e. The minimum Gasteiger partial charge on any atom is -0.292 e. The van der Waals surface area contributed by atoms with E-state index in [4.69, 9.17) is 11.6 Å². The molecule has 120 valence electrons. The quantitative estimate of drug-likeness (QED) is 0.613. The van der Waals surface area contributed by atoms with Crippen LogP contribution in [-0.2, 0) is 6.54 Å². The molecule has 0 spiro atoms. The lowest BCUT2D eigenvalue weighted by atomic mass is 10.1. The monoisotopic (exact) mass is 402 g/mol. The molecule has 1 aromatic heterocycles. The molecule has 24 heavy (non-hydrogen) atoms. The molecule has 0 unspecified atom stereocenters. The van der Waals surface area contributed by atoms with Crippen LogP contribution in [0.5, 0.6) is 0 Å². The molecule has 2 aromatic carbocycles. The highest BCUT2D eigenvalue weighted by Gasteiger charge is 2.10. The number of aromatic nitrogens is 2. The number of carbonyl (C=O) groups is 1. The van der Waals surface area contributed by atoms with Crippen molar-refractivity contribution >= 4 is 33.3 Å². The highest BCUT2D eigenvalue weighted by atomic mass is 79.9. The van der Waals surface area contributed by atoms with Crippen LogP contribution in [0.3, 0.4) is 0 Å². The Morgan fingerprint density at radius 1 is 1.00 bits per heavy atom. The van der Waals surface area contributed by atoms with E-state index in [0.717, 1.165) is 10.0 Å². The van der Waals surface area contributed by atoms with E-state index in [0.29, 0.717) is 16.3 Å². The summed E-state index contributed by atoms with van der Waals surface area (Å²) in [7, 11) is 0. The van der Waals surface area contributed by atoms with Gasteiger partial charge in [0.2, 0.25) is 0 Å². The van der Waals surface area contributed by atoms with E-state index in [1.54, 1.807) is 30.3 Å². The third-order valence-electron chi connectivity index (χ3n) is 3.47. The first-order chi connectivity index (χ1) is 11.5. The first kappa shape index (κ1) is 16.6. The summed E-state index contributed by atoms with van der Waals surface area (Å²) >= 11 is 9.20. The van der Waals surface area contributed by atoms with Gasteiger partial charge in [-0.1, -0.05) is 39.7 Å².